The number of urea groups is 1. The van der Waals surface area contributed by atoms with E-state index in [1.54, 1.807) is 43.7 Å². The monoisotopic (exact) mass is 338 g/mol. The largest absolute Gasteiger partial charge is 0.457 e. The number of carbonyl (C=O) groups is 1. The highest BCUT2D eigenvalue weighted by molar-refractivity contribution is 5.71. The maximum atomic E-state index is 11.0. The SMILES string of the molecule is CC(c1ccc(Oc2ccc(-n3ccnc3)cc2)cc1)N(O)C(N)=O. The van der Waals surface area contributed by atoms with Gasteiger partial charge in [0.1, 0.15) is 11.5 Å². The van der Waals surface area contributed by atoms with Crippen molar-refractivity contribution in [3.8, 4) is 17.2 Å². The molecule has 3 aromatic rings. The van der Waals surface area contributed by atoms with Gasteiger partial charge in [0.2, 0.25) is 0 Å². The van der Waals surface area contributed by atoms with Gasteiger partial charge in [-0.2, -0.15) is 5.06 Å². The van der Waals surface area contributed by atoms with Crippen LogP contribution in [-0.2, 0) is 0 Å². The summed E-state index contributed by atoms with van der Waals surface area (Å²) in [6, 6.07) is 13.2. The number of primary amides is 1. The Morgan fingerprint density at radius 3 is 2.28 bits per heavy atom. The van der Waals surface area contributed by atoms with E-state index in [4.69, 9.17) is 10.5 Å². The summed E-state index contributed by atoms with van der Waals surface area (Å²) < 4.78 is 7.70. The van der Waals surface area contributed by atoms with Crippen LogP contribution in [0, 0.1) is 0 Å². The number of amides is 2. The zero-order valence-corrected chi connectivity index (χ0v) is 13.6. The highest BCUT2D eigenvalue weighted by Gasteiger charge is 2.16. The quantitative estimate of drug-likeness (QED) is 0.550. The first-order valence-electron chi connectivity index (χ1n) is 7.68. The van der Waals surface area contributed by atoms with Crippen molar-refractivity contribution in [1.29, 1.82) is 0 Å². The number of hydrogen-bond acceptors (Lipinski definition) is 4. The molecular formula is C18H18N4O3. The fourth-order valence-corrected chi connectivity index (χ4v) is 2.38. The number of aromatic nitrogens is 2. The van der Waals surface area contributed by atoms with Gasteiger partial charge in [0.05, 0.1) is 12.4 Å². The van der Waals surface area contributed by atoms with Gasteiger partial charge in [0.25, 0.3) is 0 Å². The van der Waals surface area contributed by atoms with E-state index < -0.39 is 12.1 Å². The summed E-state index contributed by atoms with van der Waals surface area (Å²) in [5.41, 5.74) is 6.79. The van der Waals surface area contributed by atoms with Crippen molar-refractivity contribution in [1.82, 2.24) is 14.6 Å². The molecule has 3 N–H and O–H groups in total. The van der Waals surface area contributed by atoms with Crippen LogP contribution in [0.3, 0.4) is 0 Å². The molecule has 2 amide bonds. The van der Waals surface area contributed by atoms with Gasteiger partial charge < -0.3 is 15.0 Å². The summed E-state index contributed by atoms with van der Waals surface area (Å²) in [5, 5.41) is 10.1. The van der Waals surface area contributed by atoms with E-state index in [9.17, 15) is 10.0 Å². The number of carbonyl (C=O) groups excluding carboxylic acids is 1. The molecule has 0 saturated carbocycles. The van der Waals surface area contributed by atoms with E-state index in [1.807, 2.05) is 35.0 Å². The Bertz CT molecular complexity index is 830. The Hall–Kier alpha value is -3.32. The Labute approximate surface area is 144 Å². The third-order valence-corrected chi connectivity index (χ3v) is 3.83. The lowest BCUT2D eigenvalue weighted by Gasteiger charge is -2.20. The summed E-state index contributed by atoms with van der Waals surface area (Å²) in [4.78, 5) is 15.0. The third kappa shape index (κ3) is 3.78. The molecule has 1 unspecified atom stereocenters. The van der Waals surface area contributed by atoms with Gasteiger partial charge in [0.15, 0.2) is 0 Å². The molecule has 0 bridgehead atoms. The fraction of sp³-hybridized carbons (Fsp3) is 0.111. The number of hydrogen-bond donors (Lipinski definition) is 2. The smallest absolute Gasteiger partial charge is 0.339 e. The van der Waals surface area contributed by atoms with E-state index in [2.05, 4.69) is 4.98 Å². The van der Waals surface area contributed by atoms with Gasteiger partial charge in [-0.05, 0) is 48.9 Å². The van der Waals surface area contributed by atoms with E-state index in [-0.39, 0.29) is 0 Å². The van der Waals surface area contributed by atoms with Crippen LogP contribution in [0.25, 0.3) is 5.69 Å². The number of imidazole rings is 1. The van der Waals surface area contributed by atoms with Crippen LogP contribution < -0.4 is 10.5 Å². The number of rotatable bonds is 5. The molecule has 0 saturated heterocycles. The third-order valence-electron chi connectivity index (χ3n) is 3.83. The van der Waals surface area contributed by atoms with Crippen molar-refractivity contribution < 1.29 is 14.7 Å². The predicted molar refractivity (Wildman–Crippen MR) is 91.7 cm³/mol. The highest BCUT2D eigenvalue weighted by atomic mass is 16.5. The van der Waals surface area contributed by atoms with Gasteiger partial charge in [-0.3, -0.25) is 5.21 Å². The zero-order valence-electron chi connectivity index (χ0n) is 13.6. The van der Waals surface area contributed by atoms with Gasteiger partial charge in [0, 0.05) is 18.1 Å². The second-order valence-corrected chi connectivity index (χ2v) is 5.49. The first kappa shape index (κ1) is 16.5. The second kappa shape index (κ2) is 7.06. The molecule has 2 aromatic carbocycles. The summed E-state index contributed by atoms with van der Waals surface area (Å²) >= 11 is 0. The average molecular weight is 338 g/mol. The molecule has 25 heavy (non-hydrogen) atoms. The standard InChI is InChI=1S/C18H18N4O3/c1-13(22(24)18(19)23)14-2-6-16(7-3-14)25-17-8-4-15(5-9-17)21-11-10-20-12-21/h2-13,24H,1H3,(H2,19,23). The molecule has 0 radical (unpaired) electrons. The Morgan fingerprint density at radius 2 is 1.76 bits per heavy atom. The first-order chi connectivity index (χ1) is 12.0. The van der Waals surface area contributed by atoms with Crippen LogP contribution in [0.5, 0.6) is 11.5 Å². The average Bonchev–Trinajstić information content (AvgIpc) is 3.16. The fourth-order valence-electron chi connectivity index (χ4n) is 2.38. The van der Waals surface area contributed by atoms with E-state index in [1.165, 1.54) is 0 Å². The van der Waals surface area contributed by atoms with E-state index >= 15 is 0 Å². The normalized spacial score (nSPS) is 11.8. The van der Waals surface area contributed by atoms with E-state index in [0.717, 1.165) is 11.3 Å². The van der Waals surface area contributed by atoms with Crippen LogP contribution in [0.15, 0.2) is 67.3 Å². The molecule has 1 atom stereocenters. The minimum atomic E-state index is -0.897. The lowest BCUT2D eigenvalue weighted by Crippen LogP contribution is -2.34. The van der Waals surface area contributed by atoms with Crippen LogP contribution >= 0.6 is 0 Å². The Morgan fingerprint density at radius 1 is 1.16 bits per heavy atom. The topological polar surface area (TPSA) is 93.6 Å². The predicted octanol–water partition coefficient (Wildman–Crippen LogP) is 3.50. The molecule has 7 heteroatoms. The molecule has 1 aromatic heterocycles. The molecule has 7 nitrogen and oxygen atoms in total. The zero-order chi connectivity index (χ0) is 17.8. The van der Waals surface area contributed by atoms with Crippen LogP contribution in [0.1, 0.15) is 18.5 Å². The summed E-state index contributed by atoms with van der Waals surface area (Å²) in [6.07, 6.45) is 5.32. The van der Waals surface area contributed by atoms with Gasteiger partial charge >= 0.3 is 6.03 Å². The Kier molecular flexibility index (Phi) is 4.67. The highest BCUT2D eigenvalue weighted by Crippen LogP contribution is 2.25. The van der Waals surface area contributed by atoms with Crippen molar-refractivity contribution in [3.05, 3.63) is 72.8 Å². The second-order valence-electron chi connectivity index (χ2n) is 5.49. The number of benzene rings is 2. The molecule has 0 aliphatic heterocycles. The van der Waals surface area contributed by atoms with Crippen molar-refractivity contribution in [2.24, 2.45) is 5.73 Å². The molecule has 1 heterocycles. The molecule has 0 aliphatic rings. The Balaban J connectivity index is 1.68. The van der Waals surface area contributed by atoms with E-state index in [0.29, 0.717) is 16.6 Å². The van der Waals surface area contributed by atoms with Gasteiger partial charge in [-0.1, -0.05) is 12.1 Å². The lowest BCUT2D eigenvalue weighted by atomic mass is 10.1. The number of nitrogens with two attached hydrogens (primary N) is 1. The molecular weight excluding hydrogens is 320 g/mol. The molecule has 0 fully saturated rings. The number of ether oxygens (including phenoxy) is 1. The van der Waals surface area contributed by atoms with Crippen LogP contribution in [-0.4, -0.2) is 25.9 Å². The molecule has 0 spiro atoms. The van der Waals surface area contributed by atoms with Crippen molar-refractivity contribution in [2.45, 2.75) is 13.0 Å². The molecule has 3 rings (SSSR count). The molecule has 0 aliphatic carbocycles. The first-order valence-corrected chi connectivity index (χ1v) is 7.68. The maximum Gasteiger partial charge on any atom is 0.339 e. The summed E-state index contributed by atoms with van der Waals surface area (Å²) in [5.74, 6) is 1.35. The summed E-state index contributed by atoms with van der Waals surface area (Å²) in [6.45, 7) is 1.68. The minimum Gasteiger partial charge on any atom is -0.457 e. The maximum absolute atomic E-state index is 11.0. The molecule has 128 valence electrons. The van der Waals surface area contributed by atoms with Crippen molar-refractivity contribution in [2.75, 3.05) is 0 Å². The number of hydroxylamine groups is 2. The van der Waals surface area contributed by atoms with Crippen molar-refractivity contribution >= 4 is 6.03 Å². The summed E-state index contributed by atoms with van der Waals surface area (Å²) in [7, 11) is 0. The minimum absolute atomic E-state index is 0.491. The lowest BCUT2D eigenvalue weighted by molar-refractivity contribution is -0.0710. The van der Waals surface area contributed by atoms with Crippen LogP contribution in [0.2, 0.25) is 0 Å². The van der Waals surface area contributed by atoms with Gasteiger partial charge in [-0.15, -0.1) is 0 Å². The van der Waals surface area contributed by atoms with Crippen LogP contribution in [0.4, 0.5) is 4.79 Å². The van der Waals surface area contributed by atoms with Crippen molar-refractivity contribution in [3.63, 3.8) is 0 Å². The van der Waals surface area contributed by atoms with Gasteiger partial charge in [-0.25, -0.2) is 9.78 Å². The number of nitrogens with zero attached hydrogens (tertiary/aromatic N) is 3.